The van der Waals surface area contributed by atoms with Crippen molar-refractivity contribution in [3.8, 4) is 17.1 Å². The van der Waals surface area contributed by atoms with Gasteiger partial charge >= 0.3 is 0 Å². The molecule has 2 aromatic heterocycles. The lowest BCUT2D eigenvalue weighted by Crippen LogP contribution is -1.84. The van der Waals surface area contributed by atoms with Gasteiger partial charge in [0, 0.05) is 5.56 Å². The quantitative estimate of drug-likeness (QED) is 0.610. The lowest BCUT2D eigenvalue weighted by molar-refractivity contribution is 0.415. The van der Waals surface area contributed by atoms with Crippen LogP contribution in [0.15, 0.2) is 48.9 Å². The van der Waals surface area contributed by atoms with Crippen LogP contribution in [0, 0.1) is 0 Å². The first-order valence-corrected chi connectivity index (χ1v) is 6.57. The van der Waals surface area contributed by atoms with Gasteiger partial charge in [0.15, 0.2) is 5.65 Å². The number of imidazole rings is 1. The van der Waals surface area contributed by atoms with Crippen LogP contribution >= 0.6 is 0 Å². The normalized spacial score (nSPS) is 11.1. The fourth-order valence-corrected chi connectivity index (χ4v) is 2.40. The van der Waals surface area contributed by atoms with Crippen molar-refractivity contribution in [1.29, 1.82) is 0 Å². The molecule has 2 aromatic carbocycles. The Labute approximate surface area is 120 Å². The van der Waals surface area contributed by atoms with Crippen LogP contribution in [0.4, 0.5) is 0 Å². The second kappa shape index (κ2) is 4.56. The van der Waals surface area contributed by atoms with Crippen molar-refractivity contribution in [3.05, 3.63) is 48.9 Å². The van der Waals surface area contributed by atoms with E-state index in [4.69, 9.17) is 4.74 Å². The maximum Gasteiger partial charge on any atom is 0.161 e. The average Bonchev–Trinajstić information content (AvgIpc) is 2.98. The van der Waals surface area contributed by atoms with E-state index in [-0.39, 0.29) is 0 Å². The van der Waals surface area contributed by atoms with Crippen LogP contribution in [-0.2, 0) is 0 Å². The molecule has 2 heterocycles. The summed E-state index contributed by atoms with van der Waals surface area (Å²) in [4.78, 5) is 15.9. The standard InChI is InChI=1S/C16H12N4O/c1-21-13-5-4-10-6-12(3-2-11(10)7-13)15-19-14-8-17-9-18-16(14)20-15/h2-9H,1H3,(H,17,18,19,20). The lowest BCUT2D eigenvalue weighted by atomic mass is 10.1. The molecule has 1 N–H and O–H groups in total. The van der Waals surface area contributed by atoms with Gasteiger partial charge in [-0.15, -0.1) is 0 Å². The molecule has 0 bridgehead atoms. The Balaban J connectivity index is 1.86. The largest absolute Gasteiger partial charge is 0.497 e. The van der Waals surface area contributed by atoms with E-state index in [2.05, 4.69) is 32.1 Å². The molecule has 0 atom stereocenters. The van der Waals surface area contributed by atoms with Gasteiger partial charge in [0.25, 0.3) is 0 Å². The highest BCUT2D eigenvalue weighted by molar-refractivity contribution is 5.88. The van der Waals surface area contributed by atoms with Crippen molar-refractivity contribution >= 4 is 21.9 Å². The monoisotopic (exact) mass is 276 g/mol. The minimum Gasteiger partial charge on any atom is -0.497 e. The number of hydrogen-bond donors (Lipinski definition) is 1. The third-order valence-electron chi connectivity index (χ3n) is 3.48. The Bertz CT molecular complexity index is 912. The van der Waals surface area contributed by atoms with Crippen molar-refractivity contribution in [3.63, 3.8) is 0 Å². The molecule has 0 saturated carbocycles. The van der Waals surface area contributed by atoms with E-state index < -0.39 is 0 Å². The summed E-state index contributed by atoms with van der Waals surface area (Å²) in [7, 11) is 1.67. The number of aromatic nitrogens is 4. The van der Waals surface area contributed by atoms with E-state index in [1.165, 1.54) is 6.33 Å². The van der Waals surface area contributed by atoms with Crippen LogP contribution in [0.2, 0.25) is 0 Å². The molecule has 0 fully saturated rings. The molecule has 21 heavy (non-hydrogen) atoms. The van der Waals surface area contributed by atoms with Crippen LogP contribution in [0.25, 0.3) is 33.3 Å². The Hall–Kier alpha value is -2.95. The number of H-pyrrole nitrogens is 1. The molecule has 0 radical (unpaired) electrons. The van der Waals surface area contributed by atoms with Gasteiger partial charge in [0.05, 0.1) is 13.3 Å². The van der Waals surface area contributed by atoms with Gasteiger partial charge in [-0.1, -0.05) is 18.2 Å². The molecule has 0 saturated heterocycles. The molecule has 0 unspecified atom stereocenters. The number of fused-ring (bicyclic) bond motifs is 2. The van der Waals surface area contributed by atoms with Crippen molar-refractivity contribution in [2.75, 3.05) is 7.11 Å². The van der Waals surface area contributed by atoms with Gasteiger partial charge in [-0.2, -0.15) is 0 Å². The second-order valence-electron chi connectivity index (χ2n) is 4.77. The number of rotatable bonds is 2. The predicted octanol–water partition coefficient (Wildman–Crippen LogP) is 3.18. The maximum atomic E-state index is 5.24. The molecule has 4 rings (SSSR count). The number of hydrogen-bond acceptors (Lipinski definition) is 4. The molecule has 5 nitrogen and oxygen atoms in total. The summed E-state index contributed by atoms with van der Waals surface area (Å²) in [6.45, 7) is 0. The van der Waals surface area contributed by atoms with E-state index >= 15 is 0 Å². The van der Waals surface area contributed by atoms with Crippen molar-refractivity contribution in [2.24, 2.45) is 0 Å². The van der Waals surface area contributed by atoms with E-state index in [1.54, 1.807) is 13.3 Å². The van der Waals surface area contributed by atoms with E-state index in [9.17, 15) is 0 Å². The molecule has 0 aliphatic rings. The van der Waals surface area contributed by atoms with Crippen LogP contribution in [0.1, 0.15) is 0 Å². The third-order valence-corrected chi connectivity index (χ3v) is 3.48. The zero-order valence-electron chi connectivity index (χ0n) is 11.4. The Morgan fingerprint density at radius 3 is 2.76 bits per heavy atom. The van der Waals surface area contributed by atoms with Crippen molar-refractivity contribution in [2.45, 2.75) is 0 Å². The highest BCUT2D eigenvalue weighted by atomic mass is 16.5. The summed E-state index contributed by atoms with van der Waals surface area (Å²) in [6.07, 6.45) is 3.21. The molecule has 0 aliphatic heterocycles. The minimum absolute atomic E-state index is 0.745. The number of benzene rings is 2. The van der Waals surface area contributed by atoms with Gasteiger partial charge < -0.3 is 9.72 Å². The fourth-order valence-electron chi connectivity index (χ4n) is 2.40. The number of ether oxygens (including phenoxy) is 1. The Morgan fingerprint density at radius 2 is 1.90 bits per heavy atom. The predicted molar refractivity (Wildman–Crippen MR) is 81.2 cm³/mol. The number of methoxy groups -OCH3 is 1. The highest BCUT2D eigenvalue weighted by Crippen LogP contribution is 2.26. The zero-order chi connectivity index (χ0) is 14.2. The van der Waals surface area contributed by atoms with Crippen LogP contribution in [0.5, 0.6) is 5.75 Å². The fraction of sp³-hybridized carbons (Fsp3) is 0.0625. The number of nitrogens with zero attached hydrogens (tertiary/aromatic N) is 3. The maximum absolute atomic E-state index is 5.24. The molecule has 5 heteroatoms. The number of nitrogens with one attached hydrogen (secondary N) is 1. The summed E-state index contributed by atoms with van der Waals surface area (Å²) in [5, 5.41) is 2.27. The molecular weight excluding hydrogens is 264 g/mol. The molecular formula is C16H12N4O. The van der Waals surface area contributed by atoms with E-state index in [0.29, 0.717) is 0 Å². The molecule has 0 amide bonds. The lowest BCUT2D eigenvalue weighted by Gasteiger charge is -2.04. The average molecular weight is 276 g/mol. The van der Waals surface area contributed by atoms with E-state index in [1.807, 2.05) is 24.3 Å². The molecule has 102 valence electrons. The topological polar surface area (TPSA) is 63.7 Å². The Morgan fingerprint density at radius 1 is 1.05 bits per heavy atom. The summed E-state index contributed by atoms with van der Waals surface area (Å²) >= 11 is 0. The second-order valence-corrected chi connectivity index (χ2v) is 4.77. The van der Waals surface area contributed by atoms with Crippen LogP contribution in [-0.4, -0.2) is 27.0 Å². The van der Waals surface area contributed by atoms with Gasteiger partial charge in [-0.25, -0.2) is 15.0 Å². The summed E-state index contributed by atoms with van der Waals surface area (Å²) < 4.78 is 5.24. The molecule has 0 aliphatic carbocycles. The van der Waals surface area contributed by atoms with Crippen molar-refractivity contribution < 1.29 is 4.74 Å². The summed E-state index contributed by atoms with van der Waals surface area (Å²) in [5.74, 6) is 1.65. The number of aromatic amines is 1. The molecule has 0 spiro atoms. The van der Waals surface area contributed by atoms with Gasteiger partial charge in [0.1, 0.15) is 23.4 Å². The first-order chi connectivity index (χ1) is 10.3. The third kappa shape index (κ3) is 1.99. The SMILES string of the molecule is COc1ccc2cc(-c3nc4cncnc4[nH]3)ccc2c1. The van der Waals surface area contributed by atoms with E-state index in [0.717, 1.165) is 39.1 Å². The van der Waals surface area contributed by atoms with Gasteiger partial charge in [-0.05, 0) is 29.0 Å². The first kappa shape index (κ1) is 11.8. The zero-order valence-corrected chi connectivity index (χ0v) is 11.4. The van der Waals surface area contributed by atoms with Crippen LogP contribution in [0.3, 0.4) is 0 Å². The molecule has 4 aromatic rings. The summed E-state index contributed by atoms with van der Waals surface area (Å²) in [5.41, 5.74) is 2.53. The summed E-state index contributed by atoms with van der Waals surface area (Å²) in [6, 6.07) is 12.2. The smallest absolute Gasteiger partial charge is 0.161 e. The first-order valence-electron chi connectivity index (χ1n) is 6.57. The minimum atomic E-state index is 0.745. The van der Waals surface area contributed by atoms with Gasteiger partial charge in [-0.3, -0.25) is 0 Å². The highest BCUT2D eigenvalue weighted by Gasteiger charge is 2.07. The Kier molecular flexibility index (Phi) is 2.57. The van der Waals surface area contributed by atoms with Crippen LogP contribution < -0.4 is 4.74 Å². The van der Waals surface area contributed by atoms with Gasteiger partial charge in [0.2, 0.25) is 0 Å². The van der Waals surface area contributed by atoms with Crippen molar-refractivity contribution in [1.82, 2.24) is 19.9 Å².